The Labute approximate surface area is 175 Å². The summed E-state index contributed by atoms with van der Waals surface area (Å²) >= 11 is 0. The average molecular weight is 362 g/mol. The Balaban J connectivity index is 0.00000182. The minimum absolute atomic E-state index is 0. The molecule has 0 amide bonds. The summed E-state index contributed by atoms with van der Waals surface area (Å²) in [6.07, 6.45) is -0.167. The molecule has 2 N–H and O–H groups in total. The fourth-order valence-electron chi connectivity index (χ4n) is 2.57. The van der Waals surface area contributed by atoms with Gasteiger partial charge in [0.2, 0.25) is 0 Å². The number of carboxylic acid groups (broad SMARTS) is 1. The first-order valence-electron chi connectivity index (χ1n) is 7.70. The second-order valence-corrected chi connectivity index (χ2v) is 5.43. The second-order valence-electron chi connectivity index (χ2n) is 5.43. The number of carboxylic acids is 1. The van der Waals surface area contributed by atoms with Gasteiger partial charge in [0, 0.05) is 11.1 Å². The van der Waals surface area contributed by atoms with Crippen molar-refractivity contribution in [3.8, 4) is 34.0 Å². The molecule has 0 bridgehead atoms. The van der Waals surface area contributed by atoms with Crippen LogP contribution in [0.15, 0.2) is 48.5 Å². The summed E-state index contributed by atoms with van der Waals surface area (Å²) in [5, 5.41) is 9.05. The zero-order valence-electron chi connectivity index (χ0n) is 15.9. The quantitative estimate of drug-likeness (QED) is 0.624. The van der Waals surface area contributed by atoms with Gasteiger partial charge in [-0.25, -0.2) is 4.98 Å². The van der Waals surface area contributed by atoms with Crippen molar-refractivity contribution in [2.75, 3.05) is 14.2 Å². The van der Waals surface area contributed by atoms with E-state index < -0.39 is 5.97 Å². The van der Waals surface area contributed by atoms with Crippen molar-refractivity contribution < 1.29 is 50.4 Å². The first kappa shape index (κ1) is 20.0. The molecule has 130 valence electrons. The largest absolute Gasteiger partial charge is 1.00 e. The van der Waals surface area contributed by atoms with Gasteiger partial charge in [-0.3, -0.25) is 4.79 Å². The number of hydrogen-bond donors (Lipinski definition) is 2. The van der Waals surface area contributed by atoms with E-state index in [1.165, 1.54) is 0 Å². The number of ether oxygens (including phenoxy) is 2. The van der Waals surface area contributed by atoms with Crippen molar-refractivity contribution in [3.05, 3.63) is 54.4 Å². The van der Waals surface area contributed by atoms with Crippen molar-refractivity contribution in [2.45, 2.75) is 6.42 Å². The van der Waals surface area contributed by atoms with Crippen molar-refractivity contribution in [1.29, 1.82) is 0 Å². The first-order chi connectivity index (χ1) is 12.1. The number of carbonyl (C=O) groups is 1. The monoisotopic (exact) mass is 362 g/mol. The summed E-state index contributed by atoms with van der Waals surface area (Å²) in [6, 6.07) is 15.0. The molecule has 0 atom stereocenters. The minimum Gasteiger partial charge on any atom is -1.00 e. The average Bonchev–Trinajstić information content (AvgIpc) is 3.05. The van der Waals surface area contributed by atoms with E-state index in [1.54, 1.807) is 14.2 Å². The normalized spacial score (nSPS) is 10.1. The Kier molecular flexibility index (Phi) is 6.85. The second kappa shape index (κ2) is 8.89. The predicted octanol–water partition coefficient (Wildman–Crippen LogP) is 0.504. The van der Waals surface area contributed by atoms with Crippen LogP contribution < -0.4 is 39.0 Å². The van der Waals surface area contributed by atoms with E-state index in [1.807, 2.05) is 48.5 Å². The van der Waals surface area contributed by atoms with Crippen molar-refractivity contribution >= 4 is 5.97 Å². The molecule has 0 aliphatic rings. The van der Waals surface area contributed by atoms with Gasteiger partial charge in [0.1, 0.15) is 23.7 Å². The minimum atomic E-state index is -0.934. The molecule has 7 heteroatoms. The third kappa shape index (κ3) is 4.46. The van der Waals surface area contributed by atoms with E-state index in [2.05, 4.69) is 9.97 Å². The summed E-state index contributed by atoms with van der Waals surface area (Å²) < 4.78 is 10.4. The maximum absolute atomic E-state index is 11.0. The number of hydrogen-bond acceptors (Lipinski definition) is 4. The summed E-state index contributed by atoms with van der Waals surface area (Å²) in [6.45, 7) is 0. The van der Waals surface area contributed by atoms with Crippen LogP contribution in [0.2, 0.25) is 0 Å². The van der Waals surface area contributed by atoms with Gasteiger partial charge < -0.3 is 21.0 Å². The molecule has 1 aromatic heterocycles. The Hall–Kier alpha value is -2.28. The van der Waals surface area contributed by atoms with Gasteiger partial charge in [0.25, 0.3) is 0 Å². The Bertz CT molecular complexity index is 815. The van der Waals surface area contributed by atoms with Gasteiger partial charge in [-0.15, -0.1) is 0 Å². The topological polar surface area (TPSA) is 84.4 Å². The maximum Gasteiger partial charge on any atom is 1.00 e. The Morgan fingerprint density at radius 1 is 1.00 bits per heavy atom. The number of H-pyrrole nitrogens is 1. The zero-order valence-corrected chi connectivity index (χ0v) is 16.9. The number of aliphatic carboxylic acids is 1. The third-order valence-electron chi connectivity index (χ3n) is 3.81. The Morgan fingerprint density at radius 2 is 1.50 bits per heavy atom. The summed E-state index contributed by atoms with van der Waals surface area (Å²) in [4.78, 5) is 18.7. The standard InChI is InChI=1S/C19H18N2O4.Na.H/c1-24-14-7-3-12(4-8-14)18-19(21-16(20-18)11-17(22)23)13-5-9-15(25-2)10-6-13;;/h3-10H,11H2,1-2H3,(H,20,21)(H,22,23);;/q;+1;-1. The molecule has 0 aliphatic heterocycles. The van der Waals surface area contributed by atoms with E-state index in [0.29, 0.717) is 11.5 Å². The van der Waals surface area contributed by atoms with Crippen LogP contribution in [-0.4, -0.2) is 35.3 Å². The van der Waals surface area contributed by atoms with Crippen molar-refractivity contribution in [3.63, 3.8) is 0 Å². The molecule has 1 heterocycles. The third-order valence-corrected chi connectivity index (χ3v) is 3.81. The summed E-state index contributed by atoms with van der Waals surface area (Å²) in [5.41, 5.74) is 3.24. The zero-order chi connectivity index (χ0) is 17.8. The van der Waals surface area contributed by atoms with Crippen LogP contribution in [0.4, 0.5) is 0 Å². The molecule has 0 radical (unpaired) electrons. The fraction of sp³-hybridized carbons (Fsp3) is 0.158. The number of nitrogens with zero attached hydrogens (tertiary/aromatic N) is 1. The van der Waals surface area contributed by atoms with Gasteiger partial charge in [0.05, 0.1) is 25.6 Å². The number of benzene rings is 2. The maximum atomic E-state index is 11.0. The molecule has 3 rings (SSSR count). The van der Waals surface area contributed by atoms with Crippen molar-refractivity contribution in [2.24, 2.45) is 0 Å². The number of nitrogens with one attached hydrogen (secondary N) is 1. The van der Waals surface area contributed by atoms with E-state index >= 15 is 0 Å². The van der Waals surface area contributed by atoms with Gasteiger partial charge in [0.15, 0.2) is 0 Å². The molecule has 3 aromatic rings. The van der Waals surface area contributed by atoms with Crippen LogP contribution in [0.5, 0.6) is 11.5 Å². The molecule has 0 spiro atoms. The molecule has 6 nitrogen and oxygen atoms in total. The van der Waals surface area contributed by atoms with Crippen LogP contribution in [0, 0.1) is 0 Å². The molecular formula is C19H19N2NaO4. The van der Waals surface area contributed by atoms with Gasteiger partial charge in [-0.05, 0) is 48.5 Å². The smallest absolute Gasteiger partial charge is 1.00 e. The summed E-state index contributed by atoms with van der Waals surface area (Å²) in [5.74, 6) is 0.969. The molecule has 0 saturated carbocycles. The van der Waals surface area contributed by atoms with Crippen LogP contribution in [0.25, 0.3) is 22.5 Å². The van der Waals surface area contributed by atoms with Gasteiger partial charge in [-0.2, -0.15) is 0 Å². The van der Waals surface area contributed by atoms with Crippen LogP contribution in [-0.2, 0) is 11.2 Å². The van der Waals surface area contributed by atoms with Crippen molar-refractivity contribution in [1.82, 2.24) is 9.97 Å². The van der Waals surface area contributed by atoms with Crippen LogP contribution >= 0.6 is 0 Å². The number of methoxy groups -OCH3 is 2. The molecular weight excluding hydrogens is 343 g/mol. The number of aromatic amines is 1. The van der Waals surface area contributed by atoms with E-state index in [9.17, 15) is 4.79 Å². The van der Waals surface area contributed by atoms with E-state index in [-0.39, 0.29) is 37.4 Å². The number of aromatic nitrogens is 2. The SMILES string of the molecule is COc1ccc(-c2nc(CC(=O)O)[nH]c2-c2ccc(OC)cc2)cc1.[H-].[Na+]. The van der Waals surface area contributed by atoms with Crippen LogP contribution in [0.1, 0.15) is 7.25 Å². The number of imidazole rings is 1. The van der Waals surface area contributed by atoms with Crippen LogP contribution in [0.3, 0.4) is 0 Å². The molecule has 26 heavy (non-hydrogen) atoms. The van der Waals surface area contributed by atoms with E-state index in [0.717, 1.165) is 28.3 Å². The molecule has 2 aromatic carbocycles. The van der Waals surface area contributed by atoms with Gasteiger partial charge >= 0.3 is 35.5 Å². The fourth-order valence-corrected chi connectivity index (χ4v) is 2.57. The predicted molar refractivity (Wildman–Crippen MR) is 95.0 cm³/mol. The van der Waals surface area contributed by atoms with Gasteiger partial charge in [-0.1, -0.05) is 0 Å². The Morgan fingerprint density at radius 3 is 1.96 bits per heavy atom. The summed E-state index contributed by atoms with van der Waals surface area (Å²) in [7, 11) is 3.22. The molecule has 0 unspecified atom stereocenters. The molecule has 0 aliphatic carbocycles. The number of rotatable bonds is 6. The van der Waals surface area contributed by atoms with E-state index in [4.69, 9.17) is 14.6 Å². The molecule has 0 saturated heterocycles. The first-order valence-corrected chi connectivity index (χ1v) is 7.70. The molecule has 0 fully saturated rings.